The van der Waals surface area contributed by atoms with Crippen LogP contribution in [0.15, 0.2) is 42.6 Å². The minimum absolute atomic E-state index is 0.0468. The van der Waals surface area contributed by atoms with Gasteiger partial charge in [0, 0.05) is 11.8 Å². The zero-order valence-corrected chi connectivity index (χ0v) is 10.8. The number of rotatable bonds is 3. The average Bonchev–Trinajstić information content (AvgIpc) is 2.42. The van der Waals surface area contributed by atoms with Gasteiger partial charge in [0.15, 0.2) is 6.20 Å². The topological polar surface area (TPSA) is 93.3 Å². The van der Waals surface area contributed by atoms with Gasteiger partial charge >= 0.3 is 5.97 Å². The van der Waals surface area contributed by atoms with Crippen LogP contribution in [0.2, 0.25) is 5.15 Å². The van der Waals surface area contributed by atoms with Crippen LogP contribution < -0.4 is 10.0 Å². The van der Waals surface area contributed by atoms with Gasteiger partial charge in [0.2, 0.25) is 0 Å². The van der Waals surface area contributed by atoms with E-state index >= 15 is 0 Å². The summed E-state index contributed by atoms with van der Waals surface area (Å²) in [6, 6.07) is 8.48. The monoisotopic (exact) mass is 292 g/mol. The third-order valence-electron chi connectivity index (χ3n) is 2.50. The molecule has 20 heavy (non-hydrogen) atoms. The van der Waals surface area contributed by atoms with Crippen LogP contribution in [0.3, 0.4) is 0 Å². The standard InChI is InChI=1S/C13H9ClN2O4/c14-11-5-4-9(7-16(11)20)12(17)15-10-3-1-2-8(6-10)13(18)19/h1-7H,(H,15,17)(H,18,19). The molecule has 0 aliphatic carbocycles. The summed E-state index contributed by atoms with van der Waals surface area (Å²) in [5.74, 6) is -1.63. The van der Waals surface area contributed by atoms with Crippen molar-refractivity contribution in [3.8, 4) is 0 Å². The fraction of sp³-hybridized carbons (Fsp3) is 0. The second kappa shape index (κ2) is 5.58. The van der Waals surface area contributed by atoms with E-state index in [1.165, 1.54) is 30.3 Å². The van der Waals surface area contributed by atoms with E-state index in [9.17, 15) is 14.8 Å². The van der Waals surface area contributed by atoms with Crippen molar-refractivity contribution in [1.29, 1.82) is 0 Å². The maximum atomic E-state index is 11.9. The molecule has 6 nitrogen and oxygen atoms in total. The number of carboxylic acid groups (broad SMARTS) is 1. The lowest BCUT2D eigenvalue weighted by atomic mass is 10.2. The Kier molecular flexibility index (Phi) is 3.86. The summed E-state index contributed by atoms with van der Waals surface area (Å²) in [5.41, 5.74) is 0.491. The second-order valence-corrected chi connectivity index (χ2v) is 4.29. The van der Waals surface area contributed by atoms with Crippen molar-refractivity contribution in [2.24, 2.45) is 0 Å². The van der Waals surface area contributed by atoms with Gasteiger partial charge in [-0.1, -0.05) is 6.07 Å². The Bertz CT molecular complexity index is 688. The Morgan fingerprint density at radius 3 is 2.60 bits per heavy atom. The van der Waals surface area contributed by atoms with Crippen LogP contribution in [-0.4, -0.2) is 17.0 Å². The summed E-state index contributed by atoms with van der Waals surface area (Å²) in [6.07, 6.45) is 1.04. The fourth-order valence-corrected chi connectivity index (χ4v) is 1.64. The molecule has 7 heteroatoms. The largest absolute Gasteiger partial charge is 0.618 e. The second-order valence-electron chi connectivity index (χ2n) is 3.91. The minimum atomic E-state index is -1.09. The van der Waals surface area contributed by atoms with E-state index in [4.69, 9.17) is 16.7 Å². The van der Waals surface area contributed by atoms with Gasteiger partial charge in [-0.15, -0.1) is 0 Å². The number of carboxylic acids is 1. The number of carbonyl (C=O) groups is 2. The molecule has 0 spiro atoms. The van der Waals surface area contributed by atoms with Gasteiger partial charge in [-0.2, -0.15) is 4.73 Å². The number of hydrogen-bond donors (Lipinski definition) is 2. The lowest BCUT2D eigenvalue weighted by Crippen LogP contribution is -2.29. The number of nitrogens with one attached hydrogen (secondary N) is 1. The van der Waals surface area contributed by atoms with Gasteiger partial charge in [-0.3, -0.25) is 4.79 Å². The number of benzene rings is 1. The first kappa shape index (κ1) is 13.8. The molecule has 0 saturated heterocycles. The number of aromatic carboxylic acids is 1. The molecule has 1 aromatic heterocycles. The summed E-state index contributed by atoms with van der Waals surface area (Å²) in [6.45, 7) is 0. The summed E-state index contributed by atoms with van der Waals surface area (Å²) in [5, 5.41) is 22.6. The third-order valence-corrected chi connectivity index (χ3v) is 2.79. The summed E-state index contributed by atoms with van der Waals surface area (Å²) in [7, 11) is 0. The first-order valence-corrected chi connectivity index (χ1v) is 5.88. The van der Waals surface area contributed by atoms with Crippen LogP contribution >= 0.6 is 11.6 Å². The first-order valence-electron chi connectivity index (χ1n) is 5.51. The molecule has 0 atom stereocenters. The van der Waals surface area contributed by atoms with Crippen molar-refractivity contribution in [3.63, 3.8) is 0 Å². The van der Waals surface area contributed by atoms with Gasteiger partial charge in [0.25, 0.3) is 11.1 Å². The molecule has 2 rings (SSSR count). The van der Waals surface area contributed by atoms with Crippen LogP contribution in [0.25, 0.3) is 0 Å². The van der Waals surface area contributed by atoms with Crippen LogP contribution in [-0.2, 0) is 0 Å². The number of amides is 1. The SMILES string of the molecule is O=C(O)c1cccc(NC(=O)c2ccc(Cl)[n+]([O-])c2)c1. The summed E-state index contributed by atoms with van der Waals surface area (Å²) < 4.78 is 0.365. The van der Waals surface area contributed by atoms with Crippen molar-refractivity contribution < 1.29 is 19.4 Å². The first-order chi connectivity index (χ1) is 9.47. The third kappa shape index (κ3) is 3.04. The van der Waals surface area contributed by atoms with Crippen molar-refractivity contribution in [2.75, 3.05) is 5.32 Å². The van der Waals surface area contributed by atoms with E-state index in [0.717, 1.165) is 6.20 Å². The van der Waals surface area contributed by atoms with E-state index in [-0.39, 0.29) is 16.3 Å². The molecule has 102 valence electrons. The van der Waals surface area contributed by atoms with Gasteiger partial charge in [0.1, 0.15) is 5.56 Å². The maximum Gasteiger partial charge on any atom is 0.335 e. The van der Waals surface area contributed by atoms with Gasteiger partial charge < -0.3 is 15.6 Å². The van der Waals surface area contributed by atoms with Crippen molar-refractivity contribution >= 4 is 29.2 Å². The molecule has 1 amide bonds. The Hall–Kier alpha value is -2.60. The zero-order chi connectivity index (χ0) is 14.7. The number of hydrogen-bond acceptors (Lipinski definition) is 3. The van der Waals surface area contributed by atoms with E-state index in [0.29, 0.717) is 10.4 Å². The van der Waals surface area contributed by atoms with E-state index in [2.05, 4.69) is 5.32 Å². The molecule has 0 saturated carbocycles. The fourth-order valence-electron chi connectivity index (χ4n) is 1.53. The average molecular weight is 293 g/mol. The van der Waals surface area contributed by atoms with Crippen molar-refractivity contribution in [2.45, 2.75) is 0 Å². The molecule has 0 aliphatic rings. The summed E-state index contributed by atoms with van der Waals surface area (Å²) in [4.78, 5) is 22.7. The van der Waals surface area contributed by atoms with Gasteiger partial charge in [0.05, 0.1) is 5.56 Å². The van der Waals surface area contributed by atoms with Crippen LogP contribution in [0, 0.1) is 5.21 Å². The predicted molar refractivity (Wildman–Crippen MR) is 71.8 cm³/mol. The zero-order valence-electron chi connectivity index (χ0n) is 10.0. The number of halogens is 1. The number of carbonyl (C=O) groups excluding carboxylic acids is 1. The number of nitrogens with zero attached hydrogens (tertiary/aromatic N) is 1. The molecule has 0 bridgehead atoms. The lowest BCUT2D eigenvalue weighted by Gasteiger charge is -2.06. The number of pyridine rings is 1. The van der Waals surface area contributed by atoms with Gasteiger partial charge in [-0.25, -0.2) is 4.79 Å². The molecule has 1 aromatic carbocycles. The molecule has 0 radical (unpaired) electrons. The van der Waals surface area contributed by atoms with Crippen LogP contribution in [0.5, 0.6) is 0 Å². The number of anilines is 1. The van der Waals surface area contributed by atoms with Crippen LogP contribution in [0.4, 0.5) is 5.69 Å². The summed E-state index contributed by atoms with van der Waals surface area (Å²) >= 11 is 5.55. The molecule has 0 aliphatic heterocycles. The van der Waals surface area contributed by atoms with Gasteiger partial charge in [-0.05, 0) is 35.9 Å². The highest BCUT2D eigenvalue weighted by molar-refractivity contribution is 6.28. The molecular weight excluding hydrogens is 284 g/mol. The van der Waals surface area contributed by atoms with Crippen molar-refractivity contribution in [3.05, 3.63) is 64.1 Å². The molecule has 2 aromatic rings. The van der Waals surface area contributed by atoms with E-state index < -0.39 is 11.9 Å². The Labute approximate surface area is 118 Å². The Morgan fingerprint density at radius 1 is 1.20 bits per heavy atom. The smallest absolute Gasteiger partial charge is 0.335 e. The molecule has 1 heterocycles. The lowest BCUT2D eigenvalue weighted by molar-refractivity contribution is -0.603. The highest BCUT2D eigenvalue weighted by Crippen LogP contribution is 2.12. The highest BCUT2D eigenvalue weighted by atomic mass is 35.5. The van der Waals surface area contributed by atoms with E-state index in [1.54, 1.807) is 6.07 Å². The van der Waals surface area contributed by atoms with E-state index in [1.807, 2.05) is 0 Å². The molecule has 2 N–H and O–H groups in total. The molecular formula is C13H9ClN2O4. The molecule has 0 unspecified atom stereocenters. The number of aromatic nitrogens is 1. The molecule has 0 fully saturated rings. The highest BCUT2D eigenvalue weighted by Gasteiger charge is 2.12. The van der Waals surface area contributed by atoms with Crippen LogP contribution in [0.1, 0.15) is 20.7 Å². The predicted octanol–water partition coefficient (Wildman–Crippen LogP) is 1.92. The maximum absolute atomic E-state index is 11.9. The Morgan fingerprint density at radius 2 is 1.95 bits per heavy atom. The quantitative estimate of drug-likeness (QED) is 0.513. The normalized spacial score (nSPS) is 10.1. The van der Waals surface area contributed by atoms with Crippen molar-refractivity contribution in [1.82, 2.24) is 0 Å². The Balaban J connectivity index is 2.21. The minimum Gasteiger partial charge on any atom is -0.618 e.